The largest absolute Gasteiger partial charge is 0.468 e. The predicted molar refractivity (Wildman–Crippen MR) is 75.1 cm³/mol. The van der Waals surface area contributed by atoms with E-state index in [1.165, 1.54) is 19.1 Å². The summed E-state index contributed by atoms with van der Waals surface area (Å²) in [7, 11) is 2.79. The van der Waals surface area contributed by atoms with Crippen LogP contribution in [0.25, 0.3) is 10.8 Å². The highest BCUT2D eigenvalue weighted by Crippen LogP contribution is 2.24. The Hall–Kier alpha value is -2.63. The minimum atomic E-state index is -0.492. The Bertz CT molecular complexity index is 665. The third-order valence-electron chi connectivity index (χ3n) is 2.97. The van der Waals surface area contributed by atoms with E-state index in [0.717, 1.165) is 5.39 Å². The third kappa shape index (κ3) is 2.54. The lowest BCUT2D eigenvalue weighted by atomic mass is 10.1. The average Bonchev–Trinajstić information content (AvgIpc) is 2.46. The van der Waals surface area contributed by atoms with E-state index in [-0.39, 0.29) is 18.1 Å². The van der Waals surface area contributed by atoms with Crippen molar-refractivity contribution >= 4 is 28.3 Å². The molecule has 0 radical (unpaired) electrons. The summed E-state index contributed by atoms with van der Waals surface area (Å²) in [6.07, 6.45) is 1.54. The zero-order valence-corrected chi connectivity index (χ0v) is 11.3. The number of anilines is 1. The maximum Gasteiger partial charge on any atom is 0.325 e. The van der Waals surface area contributed by atoms with E-state index in [1.54, 1.807) is 18.3 Å². The van der Waals surface area contributed by atoms with Gasteiger partial charge < -0.3 is 15.4 Å². The quantitative estimate of drug-likeness (QED) is 0.667. The van der Waals surface area contributed by atoms with E-state index in [1.807, 2.05) is 12.1 Å². The van der Waals surface area contributed by atoms with Gasteiger partial charge in [-0.1, -0.05) is 12.1 Å². The summed E-state index contributed by atoms with van der Waals surface area (Å²) in [6, 6.07) is 7.15. The number of methoxy groups -OCH3 is 1. The van der Waals surface area contributed by atoms with Crippen molar-refractivity contribution in [3.63, 3.8) is 0 Å². The molecule has 1 aromatic heterocycles. The number of carbonyl (C=O) groups is 2. The number of amides is 1. The van der Waals surface area contributed by atoms with E-state index >= 15 is 0 Å². The third-order valence-corrected chi connectivity index (χ3v) is 2.97. The van der Waals surface area contributed by atoms with E-state index in [9.17, 15) is 9.59 Å². The molecule has 0 unspecified atom stereocenters. The van der Waals surface area contributed by atoms with Crippen molar-refractivity contribution < 1.29 is 14.3 Å². The van der Waals surface area contributed by atoms with Gasteiger partial charge in [0.25, 0.3) is 5.91 Å². The van der Waals surface area contributed by atoms with Crippen molar-refractivity contribution in [3.8, 4) is 0 Å². The van der Waals surface area contributed by atoms with Crippen LogP contribution >= 0.6 is 0 Å². The van der Waals surface area contributed by atoms with Crippen molar-refractivity contribution in [2.24, 2.45) is 0 Å². The summed E-state index contributed by atoms with van der Waals surface area (Å²) in [4.78, 5) is 28.9. The van der Waals surface area contributed by atoms with Gasteiger partial charge in [0, 0.05) is 24.3 Å². The SMILES string of the molecule is COC(=O)CN(C)C(=O)c1nccc2cccc(N)c12. The van der Waals surface area contributed by atoms with Gasteiger partial charge in [0.2, 0.25) is 0 Å². The number of rotatable bonds is 3. The molecule has 0 aliphatic heterocycles. The molecule has 2 N–H and O–H groups in total. The molecule has 104 valence electrons. The number of aromatic nitrogens is 1. The second-order valence-electron chi connectivity index (χ2n) is 4.34. The number of pyridine rings is 1. The fourth-order valence-electron chi connectivity index (χ4n) is 1.93. The van der Waals surface area contributed by atoms with Crippen molar-refractivity contribution in [1.29, 1.82) is 0 Å². The molecule has 6 nitrogen and oxygen atoms in total. The maximum atomic E-state index is 12.4. The first-order valence-corrected chi connectivity index (χ1v) is 6.00. The summed E-state index contributed by atoms with van der Waals surface area (Å²) in [5.41, 5.74) is 6.63. The zero-order valence-electron chi connectivity index (χ0n) is 11.3. The normalized spacial score (nSPS) is 10.3. The van der Waals surface area contributed by atoms with Gasteiger partial charge in [0.15, 0.2) is 0 Å². The predicted octanol–water partition coefficient (Wildman–Crippen LogP) is 1.06. The minimum absolute atomic E-state index is 0.139. The molecule has 0 spiro atoms. The highest BCUT2D eigenvalue weighted by molar-refractivity contribution is 6.09. The number of nitrogens with zero attached hydrogens (tertiary/aromatic N) is 2. The van der Waals surface area contributed by atoms with Gasteiger partial charge in [-0.2, -0.15) is 0 Å². The van der Waals surface area contributed by atoms with E-state index in [4.69, 9.17) is 5.73 Å². The average molecular weight is 273 g/mol. The lowest BCUT2D eigenvalue weighted by Gasteiger charge is -2.16. The van der Waals surface area contributed by atoms with Gasteiger partial charge in [-0.3, -0.25) is 14.6 Å². The smallest absolute Gasteiger partial charge is 0.325 e. The Morgan fingerprint density at radius 2 is 2.10 bits per heavy atom. The van der Waals surface area contributed by atoms with Gasteiger partial charge in [0.05, 0.1) is 7.11 Å². The number of fused-ring (bicyclic) bond motifs is 1. The molecule has 1 aromatic carbocycles. The number of nitrogens with two attached hydrogens (primary N) is 1. The second kappa shape index (κ2) is 5.56. The lowest BCUT2D eigenvalue weighted by molar-refractivity contribution is -0.141. The van der Waals surface area contributed by atoms with Gasteiger partial charge in [-0.05, 0) is 17.5 Å². The number of esters is 1. The molecular weight excluding hydrogens is 258 g/mol. The fraction of sp³-hybridized carbons (Fsp3) is 0.214. The molecule has 2 aromatic rings. The molecule has 0 aliphatic rings. The van der Waals surface area contributed by atoms with Crippen molar-refractivity contribution in [1.82, 2.24) is 9.88 Å². The first kappa shape index (κ1) is 13.8. The summed E-state index contributed by atoms with van der Waals surface area (Å²) < 4.78 is 4.54. The number of likely N-dealkylation sites (N-methyl/N-ethyl adjacent to an activating group) is 1. The summed E-state index contributed by atoms with van der Waals surface area (Å²) in [5, 5.41) is 1.42. The maximum absolute atomic E-state index is 12.4. The monoisotopic (exact) mass is 273 g/mol. The Kier molecular flexibility index (Phi) is 3.84. The lowest BCUT2D eigenvalue weighted by Crippen LogP contribution is -2.33. The zero-order chi connectivity index (χ0) is 14.7. The summed E-state index contributed by atoms with van der Waals surface area (Å²) >= 11 is 0. The Morgan fingerprint density at radius 1 is 1.35 bits per heavy atom. The first-order chi connectivity index (χ1) is 9.54. The number of hydrogen-bond donors (Lipinski definition) is 1. The van der Waals surface area contributed by atoms with Gasteiger partial charge in [-0.15, -0.1) is 0 Å². The molecule has 1 heterocycles. The van der Waals surface area contributed by atoms with Gasteiger partial charge in [-0.25, -0.2) is 0 Å². The Balaban J connectivity index is 2.42. The van der Waals surface area contributed by atoms with Crippen LogP contribution in [-0.2, 0) is 9.53 Å². The second-order valence-corrected chi connectivity index (χ2v) is 4.34. The molecule has 0 atom stereocenters. The van der Waals surface area contributed by atoms with Crippen LogP contribution in [-0.4, -0.2) is 42.5 Å². The van der Waals surface area contributed by atoms with Crippen LogP contribution in [0, 0.1) is 0 Å². The summed E-state index contributed by atoms with van der Waals surface area (Å²) in [5.74, 6) is -0.868. The molecule has 0 fully saturated rings. The molecule has 1 amide bonds. The van der Waals surface area contributed by atoms with Crippen LogP contribution in [0.4, 0.5) is 5.69 Å². The number of carbonyl (C=O) groups excluding carboxylic acids is 2. The highest BCUT2D eigenvalue weighted by Gasteiger charge is 2.19. The van der Waals surface area contributed by atoms with Gasteiger partial charge in [0.1, 0.15) is 12.2 Å². The number of benzene rings is 1. The standard InChI is InChI=1S/C14H15N3O3/c1-17(8-11(18)20-2)14(19)13-12-9(6-7-16-13)4-3-5-10(12)15/h3-7H,8,15H2,1-2H3. The van der Waals surface area contributed by atoms with Crippen molar-refractivity contribution in [2.45, 2.75) is 0 Å². The molecule has 0 saturated carbocycles. The number of ether oxygens (including phenoxy) is 1. The molecule has 0 bridgehead atoms. The van der Waals surface area contributed by atoms with Crippen molar-refractivity contribution in [3.05, 3.63) is 36.2 Å². The molecule has 0 aliphatic carbocycles. The van der Waals surface area contributed by atoms with E-state index < -0.39 is 5.97 Å². The van der Waals surface area contributed by atoms with Crippen LogP contribution in [0.15, 0.2) is 30.5 Å². The van der Waals surface area contributed by atoms with Crippen LogP contribution in [0.1, 0.15) is 10.5 Å². The topological polar surface area (TPSA) is 85.5 Å². The van der Waals surface area contributed by atoms with Crippen molar-refractivity contribution in [2.75, 3.05) is 26.4 Å². The minimum Gasteiger partial charge on any atom is -0.468 e. The van der Waals surface area contributed by atoms with Crippen LogP contribution in [0.2, 0.25) is 0 Å². The molecule has 20 heavy (non-hydrogen) atoms. The Morgan fingerprint density at radius 3 is 2.80 bits per heavy atom. The van der Waals surface area contributed by atoms with Crippen LogP contribution in [0.5, 0.6) is 0 Å². The number of nitrogen functional groups attached to an aromatic ring is 1. The molecule has 6 heteroatoms. The highest BCUT2D eigenvalue weighted by atomic mass is 16.5. The van der Waals surface area contributed by atoms with E-state index in [2.05, 4.69) is 9.72 Å². The van der Waals surface area contributed by atoms with Crippen LogP contribution in [0.3, 0.4) is 0 Å². The Labute approximate surface area is 116 Å². The van der Waals surface area contributed by atoms with Gasteiger partial charge >= 0.3 is 5.97 Å². The molecule has 2 rings (SSSR count). The fourth-order valence-corrected chi connectivity index (χ4v) is 1.93. The molecular formula is C14H15N3O3. The molecule has 0 saturated heterocycles. The number of hydrogen-bond acceptors (Lipinski definition) is 5. The van der Waals surface area contributed by atoms with E-state index in [0.29, 0.717) is 11.1 Å². The summed E-state index contributed by atoms with van der Waals surface area (Å²) in [6.45, 7) is -0.139. The first-order valence-electron chi connectivity index (χ1n) is 6.00. The van der Waals surface area contributed by atoms with Crippen LogP contribution < -0.4 is 5.73 Å².